The zero-order valence-electron chi connectivity index (χ0n) is 22.4. The topological polar surface area (TPSA) is 105 Å². The van der Waals surface area contributed by atoms with Gasteiger partial charge in [0.1, 0.15) is 4.90 Å². The fourth-order valence-corrected chi connectivity index (χ4v) is 7.72. The van der Waals surface area contributed by atoms with Crippen LogP contribution < -0.4 is 10.6 Å². The van der Waals surface area contributed by atoms with Gasteiger partial charge in [0.05, 0.1) is 11.7 Å². The molecule has 13 heteroatoms. The van der Waals surface area contributed by atoms with E-state index in [-0.39, 0.29) is 33.0 Å². The van der Waals surface area contributed by atoms with Gasteiger partial charge in [-0.2, -0.15) is 0 Å². The molecule has 39 heavy (non-hydrogen) atoms. The molecule has 4 rings (SSSR count). The quantitative estimate of drug-likeness (QED) is 0.321. The Hall–Kier alpha value is -2.90. The average Bonchev–Trinajstić information content (AvgIpc) is 2.82. The van der Waals surface area contributed by atoms with Crippen LogP contribution in [0, 0.1) is 17.5 Å². The fraction of sp³-hybridized carbons (Fsp3) is 0.462. The van der Waals surface area contributed by atoms with Gasteiger partial charge < -0.3 is 15.1 Å². The van der Waals surface area contributed by atoms with Crippen LogP contribution in [-0.2, 0) is 14.4 Å². The van der Waals surface area contributed by atoms with Gasteiger partial charge in [0.15, 0.2) is 25.8 Å². The highest BCUT2D eigenvalue weighted by molar-refractivity contribution is 7.90. The second-order valence-corrected chi connectivity index (χ2v) is 18.0. The molecule has 1 heterocycles. The first-order chi connectivity index (χ1) is 18.0. The highest BCUT2D eigenvalue weighted by atomic mass is 32.2. The number of sulfonamides is 1. The number of benzene rings is 2. The lowest BCUT2D eigenvalue weighted by molar-refractivity contribution is 0.102. The summed E-state index contributed by atoms with van der Waals surface area (Å²) in [5, 5.41) is 4.84. The Balaban J connectivity index is 1.52. The van der Waals surface area contributed by atoms with E-state index in [1.165, 1.54) is 12.1 Å². The molecular formula is C26H32F3N3O5SSi. The van der Waals surface area contributed by atoms with Crippen LogP contribution in [0.1, 0.15) is 56.8 Å². The summed E-state index contributed by atoms with van der Waals surface area (Å²) in [4.78, 5) is 25.4. The minimum atomic E-state index is -4.32. The summed E-state index contributed by atoms with van der Waals surface area (Å²) in [7, 11) is -6.32. The zero-order valence-corrected chi connectivity index (χ0v) is 24.2. The van der Waals surface area contributed by atoms with Crippen LogP contribution in [0.2, 0.25) is 18.1 Å². The number of carbonyl (C=O) groups excluding carboxylic acids is 2. The van der Waals surface area contributed by atoms with Crippen LogP contribution in [0.3, 0.4) is 0 Å². The molecule has 0 saturated heterocycles. The fourth-order valence-electron chi connectivity index (χ4n) is 4.55. The number of nitrogens with one attached hydrogen (secondary N) is 2. The van der Waals surface area contributed by atoms with Crippen molar-refractivity contribution in [3.05, 3.63) is 53.3 Å². The third kappa shape index (κ3) is 5.70. The third-order valence-corrected chi connectivity index (χ3v) is 14.1. The summed E-state index contributed by atoms with van der Waals surface area (Å²) in [5.74, 6) is -5.52. The van der Waals surface area contributed by atoms with Gasteiger partial charge in [-0.15, -0.1) is 0 Å². The lowest BCUT2D eigenvalue weighted by Gasteiger charge is -2.43. The van der Waals surface area contributed by atoms with E-state index in [1.807, 2.05) is 0 Å². The van der Waals surface area contributed by atoms with Crippen molar-refractivity contribution in [1.82, 2.24) is 4.31 Å². The predicted octanol–water partition coefficient (Wildman–Crippen LogP) is 6.23. The Morgan fingerprint density at radius 3 is 2.21 bits per heavy atom. The Kier molecular flexibility index (Phi) is 7.64. The van der Waals surface area contributed by atoms with Gasteiger partial charge in [-0.25, -0.2) is 30.7 Å². The van der Waals surface area contributed by atoms with Gasteiger partial charge in [0.2, 0.25) is 0 Å². The predicted molar refractivity (Wildman–Crippen MR) is 143 cm³/mol. The number of rotatable bonds is 5. The van der Waals surface area contributed by atoms with Gasteiger partial charge in [-0.3, -0.25) is 4.79 Å². The molecule has 0 unspecified atom stereocenters. The molecule has 3 amide bonds. The highest BCUT2D eigenvalue weighted by Gasteiger charge is 2.44. The molecule has 0 atom stereocenters. The maximum atomic E-state index is 13.6. The summed E-state index contributed by atoms with van der Waals surface area (Å²) in [6, 6.07) is 3.49. The van der Waals surface area contributed by atoms with E-state index in [0.29, 0.717) is 37.8 Å². The molecule has 0 bridgehead atoms. The van der Waals surface area contributed by atoms with Crippen LogP contribution in [0.4, 0.5) is 29.3 Å². The van der Waals surface area contributed by atoms with Crippen LogP contribution >= 0.6 is 0 Å². The maximum Gasteiger partial charge on any atom is 0.336 e. The van der Waals surface area contributed by atoms with E-state index in [9.17, 15) is 31.2 Å². The van der Waals surface area contributed by atoms with Crippen molar-refractivity contribution >= 4 is 41.7 Å². The molecule has 2 aromatic carbocycles. The average molecular weight is 584 g/mol. The second-order valence-electron chi connectivity index (χ2n) is 11.5. The summed E-state index contributed by atoms with van der Waals surface area (Å²) in [6.07, 6.45) is 2.07. The Morgan fingerprint density at radius 2 is 1.64 bits per heavy atom. The van der Waals surface area contributed by atoms with E-state index in [0.717, 1.165) is 10.4 Å². The highest BCUT2D eigenvalue weighted by Crippen LogP contribution is 2.41. The van der Waals surface area contributed by atoms with Gasteiger partial charge in [0.25, 0.3) is 15.9 Å². The molecule has 0 spiro atoms. The maximum absolute atomic E-state index is 13.6. The monoisotopic (exact) mass is 583 g/mol. The van der Waals surface area contributed by atoms with Crippen molar-refractivity contribution in [2.24, 2.45) is 0 Å². The second kappa shape index (κ2) is 10.2. The Labute approximate surface area is 227 Å². The molecule has 2 aromatic rings. The number of anilines is 2. The number of carbonyl (C=O) groups is 2. The molecule has 2 N–H and O–H groups in total. The standard InChI is InChI=1S/C26H32F3N3O5SSi/c1-26(2,3)39(4,5)37-18-9-7-17(8-10-18)32-25(34)31-21-11-6-15(12-22(21)38(32,35)36)24(33)30-16-13-19(27)23(29)20(28)14-16/h6,11-14,17-18H,7-10H2,1-5H3,(H,30,33)(H,31,34)/t17-,18+. The number of halogens is 3. The number of urea groups is 1. The number of hydrogen-bond donors (Lipinski definition) is 2. The first kappa shape index (κ1) is 29.1. The summed E-state index contributed by atoms with van der Waals surface area (Å²) in [6.45, 7) is 10.8. The summed E-state index contributed by atoms with van der Waals surface area (Å²) in [5.41, 5.74) is -0.463. The van der Waals surface area contributed by atoms with Crippen molar-refractivity contribution in [2.75, 3.05) is 10.6 Å². The van der Waals surface area contributed by atoms with Crippen molar-refractivity contribution < 1.29 is 35.6 Å². The number of amides is 3. The molecule has 8 nitrogen and oxygen atoms in total. The SMILES string of the molecule is CC(C)(C)[Si](C)(C)O[C@H]1CC[C@@H](N2C(=O)Nc3ccc(C(=O)Nc4cc(F)c(F)c(F)c4)cc3S2(=O)=O)CC1. The summed E-state index contributed by atoms with van der Waals surface area (Å²) >= 11 is 0. The molecule has 1 fully saturated rings. The smallest absolute Gasteiger partial charge is 0.336 e. The van der Waals surface area contributed by atoms with E-state index in [4.69, 9.17) is 4.43 Å². The van der Waals surface area contributed by atoms with E-state index in [2.05, 4.69) is 44.5 Å². The van der Waals surface area contributed by atoms with Gasteiger partial charge in [-0.1, -0.05) is 20.8 Å². The normalized spacial score (nSPS) is 21.2. The van der Waals surface area contributed by atoms with Crippen LogP contribution in [0.25, 0.3) is 0 Å². The molecule has 2 aliphatic rings. The number of nitrogens with zero attached hydrogens (tertiary/aromatic N) is 1. The van der Waals surface area contributed by atoms with Crippen molar-refractivity contribution in [3.63, 3.8) is 0 Å². The van der Waals surface area contributed by atoms with Gasteiger partial charge in [0, 0.05) is 29.5 Å². The van der Waals surface area contributed by atoms with Crippen LogP contribution in [-0.4, -0.2) is 45.1 Å². The molecule has 1 aliphatic heterocycles. The van der Waals surface area contributed by atoms with Crippen molar-refractivity contribution in [1.29, 1.82) is 0 Å². The molecule has 212 valence electrons. The Morgan fingerprint density at radius 1 is 1.05 bits per heavy atom. The largest absolute Gasteiger partial charge is 0.414 e. The molecule has 1 saturated carbocycles. The van der Waals surface area contributed by atoms with Gasteiger partial charge >= 0.3 is 6.03 Å². The molecule has 0 radical (unpaired) electrons. The number of hydrogen-bond acceptors (Lipinski definition) is 5. The third-order valence-electron chi connectivity index (χ3n) is 7.71. The van der Waals surface area contributed by atoms with Crippen molar-refractivity contribution in [3.8, 4) is 0 Å². The lowest BCUT2D eigenvalue weighted by atomic mass is 9.93. The van der Waals surface area contributed by atoms with Crippen LogP contribution in [0.15, 0.2) is 35.2 Å². The molecule has 0 aromatic heterocycles. The van der Waals surface area contributed by atoms with E-state index in [1.54, 1.807) is 0 Å². The minimum Gasteiger partial charge on any atom is -0.414 e. The first-order valence-electron chi connectivity index (χ1n) is 12.6. The van der Waals surface area contributed by atoms with E-state index >= 15 is 0 Å². The Bertz CT molecular complexity index is 1400. The van der Waals surface area contributed by atoms with E-state index < -0.39 is 53.8 Å². The van der Waals surface area contributed by atoms with Crippen LogP contribution in [0.5, 0.6) is 0 Å². The zero-order chi connectivity index (χ0) is 28.9. The first-order valence-corrected chi connectivity index (χ1v) is 17.0. The van der Waals surface area contributed by atoms with Gasteiger partial charge in [-0.05, 0) is 62.0 Å². The molecular weight excluding hydrogens is 551 g/mol. The lowest BCUT2D eigenvalue weighted by Crippen LogP contribution is -2.52. The summed E-state index contributed by atoms with van der Waals surface area (Å²) < 4.78 is 74.8. The number of fused-ring (bicyclic) bond motifs is 1. The van der Waals surface area contributed by atoms with Crippen molar-refractivity contribution in [2.45, 2.75) is 81.6 Å². The molecule has 1 aliphatic carbocycles. The minimum absolute atomic E-state index is 0.0126.